The summed E-state index contributed by atoms with van der Waals surface area (Å²) in [5, 5.41) is -0.0853. The van der Waals surface area contributed by atoms with Gasteiger partial charge in [-0.2, -0.15) is 0 Å². The third-order valence-corrected chi connectivity index (χ3v) is 2.68. The number of pyridine rings is 1. The summed E-state index contributed by atoms with van der Waals surface area (Å²) in [6, 6.07) is 1.00. The average molecular weight is 315 g/mol. The lowest BCUT2D eigenvalue weighted by Gasteiger charge is -2.09. The molecule has 0 unspecified atom stereocenters. The molecule has 0 atom stereocenters. The van der Waals surface area contributed by atoms with E-state index in [4.69, 9.17) is 11.6 Å². The maximum atomic E-state index is 12.5. The molecule has 0 saturated heterocycles. The maximum Gasteiger partial charge on any atom is 0.339 e. The summed E-state index contributed by atoms with van der Waals surface area (Å²) >= 11 is 8.64. The van der Waals surface area contributed by atoms with Crippen LogP contribution >= 0.6 is 27.5 Å². The lowest BCUT2D eigenvalue weighted by Crippen LogP contribution is -2.08. The van der Waals surface area contributed by atoms with Crippen LogP contribution in [-0.2, 0) is 10.1 Å². The number of carbonyl (C=O) groups is 1. The fourth-order valence-electron chi connectivity index (χ4n) is 1.08. The zero-order valence-corrected chi connectivity index (χ0v) is 10.5. The Morgan fingerprint density at radius 1 is 1.69 bits per heavy atom. The van der Waals surface area contributed by atoms with E-state index in [0.29, 0.717) is 0 Å². The van der Waals surface area contributed by atoms with Crippen LogP contribution in [-0.4, -0.2) is 18.1 Å². The molecular weight excluding hydrogens is 307 g/mol. The largest absolute Gasteiger partial charge is 0.465 e. The normalized spacial score (nSPS) is 10.6. The summed E-state index contributed by atoms with van der Waals surface area (Å²) in [5.41, 5.74) is -0.230. The smallest absolute Gasteiger partial charge is 0.339 e. The van der Waals surface area contributed by atoms with Gasteiger partial charge in [-0.1, -0.05) is 27.5 Å². The third-order valence-electron chi connectivity index (χ3n) is 1.85. The van der Waals surface area contributed by atoms with Crippen molar-refractivity contribution in [1.29, 1.82) is 0 Å². The van der Waals surface area contributed by atoms with Crippen molar-refractivity contribution in [3.05, 3.63) is 28.0 Å². The molecule has 1 aromatic rings. The summed E-state index contributed by atoms with van der Waals surface area (Å²) in [5.74, 6) is -0.722. The fraction of sp³-hybridized carbons (Fsp3) is 0.333. The number of rotatable bonds is 3. The molecule has 0 aromatic carbocycles. The molecule has 0 bridgehead atoms. The average Bonchev–Trinajstić information content (AvgIpc) is 2.27. The monoisotopic (exact) mass is 313 g/mol. The number of ether oxygens (including phenoxy) is 1. The third kappa shape index (κ3) is 2.68. The number of carbonyl (C=O) groups excluding carboxylic acids is 1. The maximum absolute atomic E-state index is 12.5. The molecule has 7 heteroatoms. The molecule has 1 heterocycles. The van der Waals surface area contributed by atoms with Gasteiger partial charge in [0.1, 0.15) is 5.15 Å². The minimum absolute atomic E-state index is 0.0147. The number of hydrogen-bond donors (Lipinski definition) is 0. The van der Waals surface area contributed by atoms with E-state index < -0.39 is 18.0 Å². The van der Waals surface area contributed by atoms with Gasteiger partial charge in [-0.05, 0) is 6.07 Å². The van der Waals surface area contributed by atoms with Gasteiger partial charge >= 0.3 is 5.97 Å². The first-order valence-electron chi connectivity index (χ1n) is 4.13. The lowest BCUT2D eigenvalue weighted by molar-refractivity contribution is 0.0598. The van der Waals surface area contributed by atoms with E-state index in [9.17, 15) is 13.6 Å². The highest BCUT2D eigenvalue weighted by Crippen LogP contribution is 2.28. The van der Waals surface area contributed by atoms with Crippen molar-refractivity contribution in [2.75, 3.05) is 7.11 Å². The van der Waals surface area contributed by atoms with Crippen molar-refractivity contribution in [3.63, 3.8) is 0 Å². The Balaban J connectivity index is 3.34. The van der Waals surface area contributed by atoms with E-state index in [2.05, 4.69) is 25.7 Å². The molecule has 0 fully saturated rings. The molecule has 0 saturated carbocycles. The van der Waals surface area contributed by atoms with Crippen LogP contribution in [0.3, 0.4) is 0 Å². The van der Waals surface area contributed by atoms with Crippen molar-refractivity contribution in [2.45, 2.75) is 11.8 Å². The van der Waals surface area contributed by atoms with Gasteiger partial charge in [-0.15, -0.1) is 0 Å². The van der Waals surface area contributed by atoms with Gasteiger partial charge in [0, 0.05) is 5.33 Å². The van der Waals surface area contributed by atoms with Gasteiger partial charge in [0.25, 0.3) is 6.43 Å². The number of hydrogen-bond acceptors (Lipinski definition) is 3. The van der Waals surface area contributed by atoms with Crippen LogP contribution in [0.25, 0.3) is 0 Å². The Hall–Kier alpha value is -0.750. The first-order valence-corrected chi connectivity index (χ1v) is 5.63. The highest BCUT2D eigenvalue weighted by molar-refractivity contribution is 9.08. The summed E-state index contributed by atoms with van der Waals surface area (Å²) in [6.07, 6.45) is -2.78. The molecule has 3 nitrogen and oxygen atoms in total. The minimum atomic E-state index is -2.78. The second-order valence-electron chi connectivity index (χ2n) is 2.79. The van der Waals surface area contributed by atoms with E-state index in [0.717, 1.165) is 13.2 Å². The highest BCUT2D eigenvalue weighted by Gasteiger charge is 2.20. The van der Waals surface area contributed by atoms with Crippen LogP contribution in [0.1, 0.15) is 28.0 Å². The number of aromatic nitrogens is 1. The van der Waals surface area contributed by atoms with Gasteiger partial charge in [0.05, 0.1) is 23.9 Å². The van der Waals surface area contributed by atoms with Crippen LogP contribution < -0.4 is 0 Å². The summed E-state index contributed by atoms with van der Waals surface area (Å²) in [6.45, 7) is 0. The van der Waals surface area contributed by atoms with Crippen LogP contribution in [0, 0.1) is 0 Å². The second-order valence-corrected chi connectivity index (χ2v) is 3.71. The van der Waals surface area contributed by atoms with Crippen LogP contribution in [0.15, 0.2) is 6.07 Å². The highest BCUT2D eigenvalue weighted by atomic mass is 79.9. The fourth-order valence-corrected chi connectivity index (χ4v) is 1.75. The lowest BCUT2D eigenvalue weighted by atomic mass is 10.1. The number of alkyl halides is 3. The van der Waals surface area contributed by atoms with Crippen molar-refractivity contribution in [1.82, 2.24) is 4.98 Å². The molecule has 0 spiro atoms. The number of methoxy groups -OCH3 is 1. The standard InChI is InChI=1S/C9H7BrClF2NO2/c1-16-9(15)4-2-5(8(12)13)7(11)14-6(4)3-10/h2,8H,3H2,1H3. The molecule has 0 radical (unpaired) electrons. The quantitative estimate of drug-likeness (QED) is 0.488. The molecule has 16 heavy (non-hydrogen) atoms. The second kappa shape index (κ2) is 5.54. The Kier molecular flexibility index (Phi) is 4.61. The van der Waals surface area contributed by atoms with E-state index in [1.807, 2.05) is 0 Å². The van der Waals surface area contributed by atoms with E-state index >= 15 is 0 Å². The van der Waals surface area contributed by atoms with Gasteiger partial charge in [-0.25, -0.2) is 18.6 Å². The molecular formula is C9H7BrClF2NO2. The van der Waals surface area contributed by atoms with Crippen molar-refractivity contribution in [3.8, 4) is 0 Å². The summed E-state index contributed by atoms with van der Waals surface area (Å²) in [7, 11) is 1.16. The molecule has 1 rings (SSSR count). The number of nitrogens with zero attached hydrogens (tertiary/aromatic N) is 1. The zero-order valence-electron chi connectivity index (χ0n) is 8.14. The Morgan fingerprint density at radius 3 is 2.75 bits per heavy atom. The first kappa shape index (κ1) is 13.3. The molecule has 0 N–H and O–H groups in total. The predicted molar refractivity (Wildman–Crippen MR) is 58.2 cm³/mol. The zero-order chi connectivity index (χ0) is 12.3. The van der Waals surface area contributed by atoms with Crippen LogP contribution in [0.5, 0.6) is 0 Å². The molecule has 1 aromatic heterocycles. The summed E-state index contributed by atoms with van der Waals surface area (Å²) < 4.78 is 29.5. The topological polar surface area (TPSA) is 39.2 Å². The van der Waals surface area contributed by atoms with Gasteiger partial charge in [0.15, 0.2) is 0 Å². The van der Waals surface area contributed by atoms with Crippen LogP contribution in [0.4, 0.5) is 8.78 Å². The van der Waals surface area contributed by atoms with E-state index in [1.54, 1.807) is 0 Å². The van der Waals surface area contributed by atoms with Gasteiger partial charge in [0.2, 0.25) is 0 Å². The Bertz CT molecular complexity index is 415. The van der Waals surface area contributed by atoms with Crippen molar-refractivity contribution < 1.29 is 18.3 Å². The molecule has 0 amide bonds. The van der Waals surface area contributed by atoms with Gasteiger partial charge < -0.3 is 4.74 Å². The van der Waals surface area contributed by atoms with Crippen LogP contribution in [0.2, 0.25) is 5.15 Å². The van der Waals surface area contributed by atoms with Gasteiger partial charge in [-0.3, -0.25) is 0 Å². The first-order chi connectivity index (χ1) is 7.51. The molecule has 0 aliphatic heterocycles. The molecule has 0 aliphatic rings. The Morgan fingerprint density at radius 2 is 2.31 bits per heavy atom. The SMILES string of the molecule is COC(=O)c1cc(C(F)F)c(Cl)nc1CBr. The van der Waals surface area contributed by atoms with E-state index in [1.165, 1.54) is 0 Å². The van der Waals surface area contributed by atoms with Crippen molar-refractivity contribution in [2.24, 2.45) is 0 Å². The van der Waals surface area contributed by atoms with Crippen molar-refractivity contribution >= 4 is 33.5 Å². The van der Waals surface area contributed by atoms with E-state index in [-0.39, 0.29) is 21.7 Å². The predicted octanol–water partition coefficient (Wildman–Crippen LogP) is 3.35. The molecule has 88 valence electrons. The number of esters is 1. The minimum Gasteiger partial charge on any atom is -0.465 e. The summed E-state index contributed by atoms with van der Waals surface area (Å²) in [4.78, 5) is 15.0. The Labute approximate surface area is 104 Å². The molecule has 0 aliphatic carbocycles. The number of halogens is 4.